The first-order valence-corrected chi connectivity index (χ1v) is 14.3. The van der Waals surface area contributed by atoms with E-state index in [1.807, 2.05) is 42.5 Å². The van der Waals surface area contributed by atoms with Crippen molar-refractivity contribution in [3.63, 3.8) is 0 Å². The quantitative estimate of drug-likeness (QED) is 0.328. The number of hydrogen-bond donors (Lipinski definition) is 3. The van der Waals surface area contributed by atoms with Crippen LogP contribution in [0.2, 0.25) is 0 Å². The molecule has 41 heavy (non-hydrogen) atoms. The molecule has 1 atom stereocenters. The minimum absolute atomic E-state index is 0.0815. The second-order valence-electron chi connectivity index (χ2n) is 11.0. The van der Waals surface area contributed by atoms with Gasteiger partial charge in [-0.2, -0.15) is 0 Å². The van der Waals surface area contributed by atoms with Gasteiger partial charge in [0.15, 0.2) is 0 Å². The van der Waals surface area contributed by atoms with Crippen LogP contribution in [0.15, 0.2) is 78.9 Å². The number of ether oxygens (including phenoxy) is 1. The molecule has 0 saturated carbocycles. The Labute approximate surface area is 240 Å². The zero-order valence-corrected chi connectivity index (χ0v) is 23.3. The fourth-order valence-corrected chi connectivity index (χ4v) is 6.10. The highest BCUT2D eigenvalue weighted by atomic mass is 16.5. The van der Waals surface area contributed by atoms with Gasteiger partial charge in [-0.1, -0.05) is 85.8 Å². The molecule has 3 aromatic carbocycles. The van der Waals surface area contributed by atoms with Crippen molar-refractivity contribution in [2.24, 2.45) is 0 Å². The number of nitrogens with one attached hydrogen (secondary N) is 2. The van der Waals surface area contributed by atoms with Crippen LogP contribution in [-0.2, 0) is 20.9 Å². The van der Waals surface area contributed by atoms with Crippen LogP contribution in [0.25, 0.3) is 11.1 Å². The van der Waals surface area contributed by atoms with E-state index in [4.69, 9.17) is 4.74 Å². The van der Waals surface area contributed by atoms with Crippen molar-refractivity contribution in [1.82, 2.24) is 15.5 Å². The number of benzene rings is 3. The highest BCUT2D eigenvalue weighted by Crippen LogP contribution is 2.44. The number of piperidine rings is 1. The molecule has 1 fully saturated rings. The third-order valence-electron chi connectivity index (χ3n) is 8.30. The maximum absolute atomic E-state index is 13.3. The third-order valence-corrected chi connectivity index (χ3v) is 8.30. The van der Waals surface area contributed by atoms with Gasteiger partial charge in [0.25, 0.3) is 0 Å². The maximum Gasteiger partial charge on any atom is 0.407 e. The van der Waals surface area contributed by atoms with Gasteiger partial charge in [-0.05, 0) is 47.1 Å². The summed E-state index contributed by atoms with van der Waals surface area (Å²) in [5.74, 6) is -1.43. The van der Waals surface area contributed by atoms with Crippen LogP contribution in [0.5, 0.6) is 0 Å². The van der Waals surface area contributed by atoms with Gasteiger partial charge < -0.3 is 20.5 Å². The van der Waals surface area contributed by atoms with Crippen molar-refractivity contribution in [3.05, 3.63) is 95.6 Å². The Hall–Kier alpha value is -4.17. The maximum atomic E-state index is 13.3. The number of carbonyl (C=O) groups excluding carboxylic acids is 2. The SMILES string of the molecule is CC[C@H](NC(=O)OCC1c2ccccc2-c2ccccc21)C(=O)NC1(CC(=O)O)CCN(Cc2ccccc2)CC1. The van der Waals surface area contributed by atoms with Crippen LogP contribution in [0.1, 0.15) is 55.2 Å². The Bertz CT molecular complexity index is 1340. The molecule has 3 aromatic rings. The molecule has 1 aliphatic heterocycles. The molecule has 0 unspecified atom stereocenters. The van der Waals surface area contributed by atoms with E-state index in [0.29, 0.717) is 32.4 Å². The van der Waals surface area contributed by atoms with Gasteiger partial charge in [-0.15, -0.1) is 0 Å². The lowest BCUT2D eigenvalue weighted by Gasteiger charge is -2.42. The molecule has 8 heteroatoms. The number of aliphatic carboxylic acids is 1. The zero-order chi connectivity index (χ0) is 28.8. The number of alkyl carbamates (subject to hydrolysis) is 1. The Balaban J connectivity index is 1.18. The summed E-state index contributed by atoms with van der Waals surface area (Å²) in [7, 11) is 0. The van der Waals surface area contributed by atoms with E-state index in [0.717, 1.165) is 28.8 Å². The molecule has 1 aliphatic carbocycles. The summed E-state index contributed by atoms with van der Waals surface area (Å²) in [4.78, 5) is 40.2. The Morgan fingerprint density at radius 3 is 2.10 bits per heavy atom. The molecular formula is C33H37N3O5. The number of carboxylic acid groups (broad SMARTS) is 1. The van der Waals surface area contributed by atoms with Gasteiger partial charge in [0, 0.05) is 25.6 Å². The first kappa shape index (κ1) is 28.4. The molecule has 0 spiro atoms. The first-order valence-electron chi connectivity index (χ1n) is 14.3. The fraction of sp³-hybridized carbons (Fsp3) is 0.364. The summed E-state index contributed by atoms with van der Waals surface area (Å²) in [6.45, 7) is 4.06. The number of fused-ring (bicyclic) bond motifs is 3. The molecular weight excluding hydrogens is 518 g/mol. The van der Waals surface area contributed by atoms with Crippen LogP contribution in [0, 0.1) is 0 Å². The van der Waals surface area contributed by atoms with Crippen molar-refractivity contribution in [2.45, 2.75) is 56.7 Å². The average molecular weight is 556 g/mol. The second kappa shape index (κ2) is 12.6. The number of rotatable bonds is 10. The van der Waals surface area contributed by atoms with Crippen LogP contribution >= 0.6 is 0 Å². The summed E-state index contributed by atoms with van der Waals surface area (Å²) in [6.07, 6.45) is 0.538. The van der Waals surface area contributed by atoms with Gasteiger partial charge in [-0.25, -0.2) is 4.79 Å². The van der Waals surface area contributed by atoms with Gasteiger partial charge in [0.2, 0.25) is 5.91 Å². The van der Waals surface area contributed by atoms with E-state index in [1.165, 1.54) is 5.56 Å². The zero-order valence-electron chi connectivity index (χ0n) is 23.3. The smallest absolute Gasteiger partial charge is 0.407 e. The van der Waals surface area contributed by atoms with E-state index < -0.39 is 29.6 Å². The molecule has 0 aromatic heterocycles. The average Bonchev–Trinajstić information content (AvgIpc) is 3.30. The number of carbonyl (C=O) groups is 3. The minimum atomic E-state index is -0.959. The molecule has 214 valence electrons. The summed E-state index contributed by atoms with van der Waals surface area (Å²) in [6, 6.07) is 25.5. The van der Waals surface area contributed by atoms with Gasteiger partial charge in [0.1, 0.15) is 12.6 Å². The topological polar surface area (TPSA) is 108 Å². The minimum Gasteiger partial charge on any atom is -0.481 e. The van der Waals surface area contributed by atoms with E-state index >= 15 is 0 Å². The normalized spacial score (nSPS) is 16.7. The second-order valence-corrected chi connectivity index (χ2v) is 11.0. The van der Waals surface area contributed by atoms with Crippen LogP contribution in [-0.4, -0.2) is 59.3 Å². The monoisotopic (exact) mass is 555 g/mol. The number of hydrogen-bond acceptors (Lipinski definition) is 5. The molecule has 2 aliphatic rings. The summed E-state index contributed by atoms with van der Waals surface area (Å²) in [5, 5.41) is 15.4. The van der Waals surface area contributed by atoms with Crippen LogP contribution < -0.4 is 10.6 Å². The van der Waals surface area contributed by atoms with Crippen LogP contribution in [0.4, 0.5) is 4.79 Å². The molecule has 1 saturated heterocycles. The molecule has 2 amide bonds. The van der Waals surface area contributed by atoms with Gasteiger partial charge in [0.05, 0.1) is 12.0 Å². The highest BCUT2D eigenvalue weighted by Gasteiger charge is 2.39. The fourth-order valence-electron chi connectivity index (χ4n) is 6.10. The van der Waals surface area contributed by atoms with Crippen molar-refractivity contribution in [1.29, 1.82) is 0 Å². The summed E-state index contributed by atoms with van der Waals surface area (Å²) in [5.41, 5.74) is 4.83. The van der Waals surface area contributed by atoms with E-state index in [2.05, 4.69) is 51.9 Å². The summed E-state index contributed by atoms with van der Waals surface area (Å²) < 4.78 is 5.64. The number of carboxylic acids is 1. The van der Waals surface area contributed by atoms with E-state index in [-0.39, 0.29) is 18.9 Å². The third kappa shape index (κ3) is 6.60. The Kier molecular flexibility index (Phi) is 8.69. The first-order chi connectivity index (χ1) is 19.9. The van der Waals surface area contributed by atoms with E-state index in [9.17, 15) is 19.5 Å². The van der Waals surface area contributed by atoms with Crippen molar-refractivity contribution >= 4 is 18.0 Å². The largest absolute Gasteiger partial charge is 0.481 e. The lowest BCUT2D eigenvalue weighted by atomic mass is 9.83. The Morgan fingerprint density at radius 1 is 0.927 bits per heavy atom. The molecule has 5 rings (SSSR count). The van der Waals surface area contributed by atoms with Crippen molar-refractivity contribution in [2.75, 3.05) is 19.7 Å². The summed E-state index contributed by atoms with van der Waals surface area (Å²) >= 11 is 0. The molecule has 0 bridgehead atoms. The molecule has 3 N–H and O–H groups in total. The lowest BCUT2D eigenvalue weighted by Crippen LogP contribution is -2.60. The molecule has 1 heterocycles. The predicted octanol–water partition coefficient (Wildman–Crippen LogP) is 4.93. The van der Waals surface area contributed by atoms with Gasteiger partial charge >= 0.3 is 12.1 Å². The molecule has 0 radical (unpaired) electrons. The van der Waals surface area contributed by atoms with Crippen molar-refractivity contribution < 1.29 is 24.2 Å². The van der Waals surface area contributed by atoms with E-state index in [1.54, 1.807) is 6.92 Å². The standard InChI is InChI=1S/C33H37N3O5/c1-2-29(34-32(40)41-22-28-26-14-8-6-12-24(26)25-13-7-9-15-27(25)28)31(39)35-33(20-30(37)38)16-18-36(19-17-33)21-23-10-4-3-5-11-23/h3-15,28-29H,2,16-22H2,1H3,(H,34,40)(H,35,39)(H,37,38)/t29-/m0/s1. The molecule has 8 nitrogen and oxygen atoms in total. The number of nitrogens with zero attached hydrogens (tertiary/aromatic N) is 1. The van der Waals surface area contributed by atoms with Crippen molar-refractivity contribution in [3.8, 4) is 11.1 Å². The predicted molar refractivity (Wildman–Crippen MR) is 156 cm³/mol. The van der Waals surface area contributed by atoms with Crippen LogP contribution in [0.3, 0.4) is 0 Å². The van der Waals surface area contributed by atoms with Gasteiger partial charge in [-0.3, -0.25) is 14.5 Å². The highest BCUT2D eigenvalue weighted by molar-refractivity contribution is 5.87. The Morgan fingerprint density at radius 2 is 1.51 bits per heavy atom. The lowest BCUT2D eigenvalue weighted by molar-refractivity contribution is -0.140. The number of likely N-dealkylation sites (tertiary alicyclic amines) is 1. The number of amides is 2.